The van der Waals surface area contributed by atoms with Crippen LogP contribution in [0.2, 0.25) is 0 Å². The van der Waals surface area contributed by atoms with Crippen LogP contribution in [0.1, 0.15) is 64.7 Å². The van der Waals surface area contributed by atoms with E-state index in [9.17, 15) is 31.6 Å². The van der Waals surface area contributed by atoms with Gasteiger partial charge in [-0.05, 0) is 57.3 Å². The first kappa shape index (κ1) is 26.2. The molecule has 1 N–H and O–H groups in total. The SMILES string of the molecule is CCC1(OC(=O)C(F)(F)S(=O)(=O)O)C2CC3CC1CC(OCC(=O)OC1CCCC(=O)OC1)(C3)C2. The van der Waals surface area contributed by atoms with Crippen LogP contribution in [0.3, 0.4) is 0 Å². The van der Waals surface area contributed by atoms with Crippen molar-refractivity contribution in [2.75, 3.05) is 13.2 Å². The van der Waals surface area contributed by atoms with Crippen molar-refractivity contribution < 1.29 is 55.1 Å². The Bertz CT molecular complexity index is 965. The van der Waals surface area contributed by atoms with Crippen molar-refractivity contribution in [1.82, 2.24) is 0 Å². The zero-order valence-corrected chi connectivity index (χ0v) is 20.2. The number of cyclic esters (lactones) is 1. The van der Waals surface area contributed by atoms with Crippen molar-refractivity contribution in [3.05, 3.63) is 0 Å². The number of carbonyl (C=O) groups excluding carboxylic acids is 3. The molecule has 0 aromatic carbocycles. The summed E-state index contributed by atoms with van der Waals surface area (Å²) in [7, 11) is -5.97. The van der Waals surface area contributed by atoms with Crippen LogP contribution in [-0.2, 0) is 43.4 Å². The number of hydrogen-bond donors (Lipinski definition) is 1. The molecule has 13 heteroatoms. The minimum Gasteiger partial charge on any atom is -0.462 e. The van der Waals surface area contributed by atoms with Crippen LogP contribution >= 0.6 is 0 Å². The Kier molecular flexibility index (Phi) is 6.90. The first-order valence-corrected chi connectivity index (χ1v) is 13.3. The zero-order valence-electron chi connectivity index (χ0n) is 19.4. The monoisotopic (exact) mass is 524 g/mol. The first-order chi connectivity index (χ1) is 16.3. The number of esters is 3. The molecule has 4 bridgehead atoms. The molecule has 5 aliphatic rings. The molecule has 4 saturated carbocycles. The van der Waals surface area contributed by atoms with Crippen LogP contribution in [0.15, 0.2) is 0 Å². The maximum absolute atomic E-state index is 14.0. The summed E-state index contributed by atoms with van der Waals surface area (Å²) >= 11 is 0. The van der Waals surface area contributed by atoms with E-state index in [4.69, 9.17) is 23.5 Å². The molecule has 1 heterocycles. The van der Waals surface area contributed by atoms with Gasteiger partial charge in [0.1, 0.15) is 24.9 Å². The third-order valence-electron chi connectivity index (χ3n) is 8.04. The van der Waals surface area contributed by atoms with Gasteiger partial charge < -0.3 is 18.9 Å². The van der Waals surface area contributed by atoms with E-state index in [1.165, 1.54) is 0 Å². The molecule has 1 aliphatic heterocycles. The van der Waals surface area contributed by atoms with Gasteiger partial charge in [0, 0.05) is 18.3 Å². The number of hydrogen-bond acceptors (Lipinski definition) is 9. The third kappa shape index (κ3) is 4.91. The zero-order chi connectivity index (χ0) is 25.6. The van der Waals surface area contributed by atoms with E-state index in [1.807, 2.05) is 0 Å². The molecule has 0 amide bonds. The second-order valence-corrected chi connectivity index (χ2v) is 11.7. The maximum atomic E-state index is 14.0. The Morgan fingerprint density at radius 1 is 1.20 bits per heavy atom. The van der Waals surface area contributed by atoms with Crippen LogP contribution < -0.4 is 0 Å². The van der Waals surface area contributed by atoms with Gasteiger partial charge in [-0.3, -0.25) is 9.35 Å². The number of halogens is 2. The molecule has 0 spiro atoms. The molecule has 5 rings (SSSR count). The largest absolute Gasteiger partial charge is 0.465 e. The molecule has 0 aromatic heterocycles. The van der Waals surface area contributed by atoms with Crippen molar-refractivity contribution in [2.45, 2.75) is 87.3 Å². The van der Waals surface area contributed by atoms with Crippen molar-refractivity contribution in [3.63, 3.8) is 0 Å². The number of carbonyl (C=O) groups is 3. The summed E-state index contributed by atoms with van der Waals surface area (Å²) in [5, 5.41) is -5.06. The van der Waals surface area contributed by atoms with E-state index in [0.29, 0.717) is 44.9 Å². The molecule has 3 atom stereocenters. The van der Waals surface area contributed by atoms with Crippen LogP contribution in [0.25, 0.3) is 0 Å². The molecule has 3 unspecified atom stereocenters. The molecule has 0 aromatic rings. The van der Waals surface area contributed by atoms with Crippen molar-refractivity contribution in [3.8, 4) is 0 Å². The first-order valence-electron chi connectivity index (χ1n) is 11.9. The summed E-state index contributed by atoms with van der Waals surface area (Å²) in [5.41, 5.74) is -2.01. The second kappa shape index (κ2) is 9.22. The molecular weight excluding hydrogens is 494 g/mol. The fourth-order valence-corrected chi connectivity index (χ4v) is 6.91. The standard InChI is InChI=1S/C22H30F2O10S/c1-2-21(34-19(27)22(23,24)35(28,29)30)14-6-13-7-15(21)10-20(8-13,9-14)32-12-18(26)33-16-4-3-5-17(25)31-11-16/h13-16H,2-12H2,1H3,(H,28,29,30). The number of alkyl halides is 2. The maximum Gasteiger partial charge on any atom is 0.465 e. The van der Waals surface area contributed by atoms with Crippen LogP contribution in [0, 0.1) is 17.8 Å². The molecule has 4 aliphatic carbocycles. The molecular formula is C22H30F2O10S. The number of rotatable bonds is 8. The Morgan fingerprint density at radius 2 is 1.86 bits per heavy atom. The van der Waals surface area contributed by atoms with Gasteiger partial charge >= 0.3 is 33.3 Å². The van der Waals surface area contributed by atoms with Crippen LogP contribution in [0.4, 0.5) is 8.78 Å². The van der Waals surface area contributed by atoms with Gasteiger partial charge in [-0.2, -0.15) is 17.2 Å². The van der Waals surface area contributed by atoms with Gasteiger partial charge in [-0.15, -0.1) is 0 Å². The Balaban J connectivity index is 1.41. The topological polar surface area (TPSA) is 142 Å². The van der Waals surface area contributed by atoms with Crippen molar-refractivity contribution >= 4 is 28.0 Å². The number of ether oxygens (including phenoxy) is 4. The predicted octanol–water partition coefficient (Wildman–Crippen LogP) is 2.39. The smallest absolute Gasteiger partial charge is 0.462 e. The van der Waals surface area contributed by atoms with E-state index in [1.54, 1.807) is 6.92 Å². The molecule has 1 saturated heterocycles. The summed E-state index contributed by atoms with van der Waals surface area (Å²) in [6.07, 6.45) is 3.57. The van der Waals surface area contributed by atoms with Gasteiger partial charge in [0.15, 0.2) is 0 Å². The van der Waals surface area contributed by atoms with E-state index >= 15 is 0 Å². The lowest BCUT2D eigenvalue weighted by Crippen LogP contribution is -2.66. The Hall–Kier alpha value is -1.86. The summed E-state index contributed by atoms with van der Waals surface area (Å²) in [6.45, 7) is 1.36. The van der Waals surface area contributed by atoms with Gasteiger partial charge in [0.2, 0.25) is 0 Å². The van der Waals surface area contributed by atoms with Crippen LogP contribution in [-0.4, -0.2) is 66.7 Å². The van der Waals surface area contributed by atoms with Gasteiger partial charge in [-0.1, -0.05) is 6.92 Å². The minimum absolute atomic E-state index is 0.000516. The van der Waals surface area contributed by atoms with Crippen molar-refractivity contribution in [1.29, 1.82) is 0 Å². The van der Waals surface area contributed by atoms with Gasteiger partial charge in [0.25, 0.3) is 0 Å². The Labute approximate surface area is 201 Å². The quantitative estimate of drug-likeness (QED) is 0.286. The lowest BCUT2D eigenvalue weighted by atomic mass is 9.47. The summed E-state index contributed by atoms with van der Waals surface area (Å²) < 4.78 is 80.4. The van der Waals surface area contributed by atoms with E-state index in [-0.39, 0.29) is 49.8 Å². The molecule has 198 valence electrons. The highest BCUT2D eigenvalue weighted by atomic mass is 32.2. The highest BCUT2D eigenvalue weighted by Crippen LogP contribution is 2.63. The normalized spacial score (nSPS) is 36.9. The lowest BCUT2D eigenvalue weighted by molar-refractivity contribution is -0.259. The lowest BCUT2D eigenvalue weighted by Gasteiger charge is -2.63. The van der Waals surface area contributed by atoms with Gasteiger partial charge in [-0.25, -0.2) is 9.59 Å². The average Bonchev–Trinajstić information content (AvgIpc) is 2.97. The van der Waals surface area contributed by atoms with E-state index in [0.717, 1.165) is 0 Å². The predicted molar refractivity (Wildman–Crippen MR) is 113 cm³/mol. The fourth-order valence-electron chi connectivity index (χ4n) is 6.66. The molecule has 35 heavy (non-hydrogen) atoms. The third-order valence-corrected chi connectivity index (χ3v) is 8.86. The molecule has 5 fully saturated rings. The average molecular weight is 525 g/mol. The summed E-state index contributed by atoms with van der Waals surface area (Å²) in [6, 6.07) is 0. The summed E-state index contributed by atoms with van der Waals surface area (Å²) in [4.78, 5) is 35.9. The Morgan fingerprint density at radius 3 is 2.46 bits per heavy atom. The fraction of sp³-hybridized carbons (Fsp3) is 0.864. The van der Waals surface area contributed by atoms with Crippen molar-refractivity contribution in [2.24, 2.45) is 17.8 Å². The molecule has 0 radical (unpaired) electrons. The van der Waals surface area contributed by atoms with Crippen LogP contribution in [0.5, 0.6) is 0 Å². The van der Waals surface area contributed by atoms with E-state index < -0.39 is 44.6 Å². The second-order valence-electron chi connectivity index (χ2n) is 10.2. The van der Waals surface area contributed by atoms with Gasteiger partial charge in [0.05, 0.1) is 5.60 Å². The highest BCUT2D eigenvalue weighted by Gasteiger charge is 2.66. The molecule has 10 nitrogen and oxygen atoms in total. The minimum atomic E-state index is -5.97. The highest BCUT2D eigenvalue weighted by molar-refractivity contribution is 7.87. The summed E-state index contributed by atoms with van der Waals surface area (Å²) in [5.74, 6) is -3.75. The van der Waals surface area contributed by atoms with E-state index in [2.05, 4.69) is 0 Å².